The summed E-state index contributed by atoms with van der Waals surface area (Å²) in [6, 6.07) is 0. The molecule has 0 aliphatic carbocycles. The number of aromatic nitrogens is 4. The summed E-state index contributed by atoms with van der Waals surface area (Å²) in [6.45, 7) is 7.03. The van der Waals surface area contributed by atoms with E-state index in [0.717, 1.165) is 17.0 Å². The number of nitrogen functional groups attached to an aromatic ring is 1. The van der Waals surface area contributed by atoms with Crippen molar-refractivity contribution in [2.24, 2.45) is 7.05 Å². The molecule has 0 bridgehead atoms. The molecule has 0 amide bonds. The van der Waals surface area contributed by atoms with E-state index < -0.39 is 0 Å². The van der Waals surface area contributed by atoms with Crippen LogP contribution in [0.4, 0.5) is 11.5 Å². The standard InChI is InChI=1S/C13H20N6O/c1-5-20-13-11(14)12(16-7-17-13)15-6-10-8(2)18-19(4)9(10)3/h7H,5-6,14H2,1-4H3,(H,15,16,17). The molecule has 108 valence electrons. The topological polar surface area (TPSA) is 90.9 Å². The zero-order valence-corrected chi connectivity index (χ0v) is 12.3. The fourth-order valence-electron chi connectivity index (χ4n) is 2.02. The van der Waals surface area contributed by atoms with Gasteiger partial charge in [0.2, 0.25) is 5.88 Å². The average Bonchev–Trinajstić information content (AvgIpc) is 2.65. The van der Waals surface area contributed by atoms with Crippen LogP contribution in [0.2, 0.25) is 0 Å². The third kappa shape index (κ3) is 2.66. The Morgan fingerprint density at radius 2 is 2.10 bits per heavy atom. The predicted octanol–water partition coefficient (Wildman–Crippen LogP) is 1.42. The Kier molecular flexibility index (Phi) is 4.07. The molecule has 20 heavy (non-hydrogen) atoms. The normalized spacial score (nSPS) is 10.6. The fraction of sp³-hybridized carbons (Fsp3) is 0.462. The second-order valence-corrected chi connectivity index (χ2v) is 4.50. The highest BCUT2D eigenvalue weighted by molar-refractivity contribution is 5.66. The molecule has 0 spiro atoms. The number of nitrogens with two attached hydrogens (primary N) is 1. The molecule has 2 aromatic heterocycles. The summed E-state index contributed by atoms with van der Waals surface area (Å²) in [5.74, 6) is 0.982. The molecule has 0 aliphatic heterocycles. The second-order valence-electron chi connectivity index (χ2n) is 4.50. The molecule has 2 heterocycles. The van der Waals surface area contributed by atoms with Gasteiger partial charge in [-0.3, -0.25) is 4.68 Å². The van der Waals surface area contributed by atoms with Crippen molar-refractivity contribution in [2.75, 3.05) is 17.7 Å². The van der Waals surface area contributed by atoms with E-state index in [0.29, 0.717) is 30.5 Å². The lowest BCUT2D eigenvalue weighted by atomic mass is 10.2. The summed E-state index contributed by atoms with van der Waals surface area (Å²) in [5, 5.41) is 7.59. The molecule has 0 unspecified atom stereocenters. The molecule has 0 aromatic carbocycles. The Bertz CT molecular complexity index is 607. The molecule has 0 fully saturated rings. The third-order valence-corrected chi connectivity index (χ3v) is 3.22. The highest BCUT2D eigenvalue weighted by Crippen LogP contribution is 2.25. The van der Waals surface area contributed by atoms with Gasteiger partial charge in [-0.25, -0.2) is 4.98 Å². The Labute approximate surface area is 118 Å². The van der Waals surface area contributed by atoms with Gasteiger partial charge in [-0.15, -0.1) is 0 Å². The molecule has 0 atom stereocenters. The van der Waals surface area contributed by atoms with Crippen LogP contribution in [-0.2, 0) is 13.6 Å². The minimum absolute atomic E-state index is 0.407. The number of hydrogen-bond donors (Lipinski definition) is 2. The van der Waals surface area contributed by atoms with Crippen LogP contribution in [0.1, 0.15) is 23.9 Å². The van der Waals surface area contributed by atoms with Gasteiger partial charge in [0.1, 0.15) is 12.0 Å². The van der Waals surface area contributed by atoms with Gasteiger partial charge >= 0.3 is 0 Å². The molecule has 0 radical (unpaired) electrons. The van der Waals surface area contributed by atoms with Crippen molar-refractivity contribution in [1.29, 1.82) is 0 Å². The molecule has 0 saturated carbocycles. The molecular formula is C13H20N6O. The minimum atomic E-state index is 0.407. The quantitative estimate of drug-likeness (QED) is 0.858. The summed E-state index contributed by atoms with van der Waals surface area (Å²) < 4.78 is 7.21. The Morgan fingerprint density at radius 1 is 1.35 bits per heavy atom. The first-order valence-electron chi connectivity index (χ1n) is 6.50. The number of rotatable bonds is 5. The number of anilines is 2. The molecule has 2 aromatic rings. The van der Waals surface area contributed by atoms with Gasteiger partial charge in [0.05, 0.1) is 12.3 Å². The highest BCUT2D eigenvalue weighted by Gasteiger charge is 2.12. The first-order valence-corrected chi connectivity index (χ1v) is 6.50. The van der Waals surface area contributed by atoms with E-state index >= 15 is 0 Å². The number of nitrogens with one attached hydrogen (secondary N) is 1. The van der Waals surface area contributed by atoms with Gasteiger partial charge < -0.3 is 15.8 Å². The number of nitrogens with zero attached hydrogens (tertiary/aromatic N) is 4. The number of aryl methyl sites for hydroxylation is 2. The summed E-state index contributed by atoms with van der Waals surface area (Å²) in [5.41, 5.74) is 9.66. The third-order valence-electron chi connectivity index (χ3n) is 3.22. The number of ether oxygens (including phenoxy) is 1. The van der Waals surface area contributed by atoms with Crippen molar-refractivity contribution in [3.63, 3.8) is 0 Å². The van der Waals surface area contributed by atoms with E-state index in [4.69, 9.17) is 10.5 Å². The average molecular weight is 276 g/mol. The van der Waals surface area contributed by atoms with Crippen molar-refractivity contribution in [2.45, 2.75) is 27.3 Å². The van der Waals surface area contributed by atoms with Gasteiger partial charge in [0.15, 0.2) is 5.82 Å². The molecule has 2 rings (SSSR count). The van der Waals surface area contributed by atoms with Gasteiger partial charge in [0, 0.05) is 24.8 Å². The van der Waals surface area contributed by atoms with Crippen LogP contribution in [-0.4, -0.2) is 26.4 Å². The molecule has 7 nitrogen and oxygen atoms in total. The monoisotopic (exact) mass is 276 g/mol. The summed E-state index contributed by atoms with van der Waals surface area (Å²) in [4.78, 5) is 8.16. The second kappa shape index (κ2) is 5.77. The molecule has 0 saturated heterocycles. The van der Waals surface area contributed by atoms with Crippen LogP contribution in [0.3, 0.4) is 0 Å². The van der Waals surface area contributed by atoms with Crippen molar-refractivity contribution in [1.82, 2.24) is 19.7 Å². The minimum Gasteiger partial charge on any atom is -0.476 e. The first kappa shape index (κ1) is 14.1. The summed E-state index contributed by atoms with van der Waals surface area (Å²) in [7, 11) is 1.93. The maximum absolute atomic E-state index is 5.98. The zero-order valence-electron chi connectivity index (χ0n) is 12.3. The van der Waals surface area contributed by atoms with Gasteiger partial charge in [-0.1, -0.05) is 0 Å². The van der Waals surface area contributed by atoms with Crippen molar-refractivity contribution < 1.29 is 4.74 Å². The van der Waals surface area contributed by atoms with Gasteiger partial charge in [-0.2, -0.15) is 10.1 Å². The van der Waals surface area contributed by atoms with E-state index in [1.165, 1.54) is 6.33 Å². The highest BCUT2D eigenvalue weighted by atomic mass is 16.5. The maximum Gasteiger partial charge on any atom is 0.242 e. The van der Waals surface area contributed by atoms with E-state index in [-0.39, 0.29) is 0 Å². The van der Waals surface area contributed by atoms with Crippen LogP contribution in [0.25, 0.3) is 0 Å². The van der Waals surface area contributed by atoms with Crippen LogP contribution < -0.4 is 15.8 Å². The lowest BCUT2D eigenvalue weighted by Crippen LogP contribution is -2.08. The van der Waals surface area contributed by atoms with Crippen LogP contribution in [0, 0.1) is 13.8 Å². The van der Waals surface area contributed by atoms with Crippen LogP contribution in [0.5, 0.6) is 5.88 Å². The van der Waals surface area contributed by atoms with Crippen LogP contribution in [0.15, 0.2) is 6.33 Å². The molecular weight excluding hydrogens is 256 g/mol. The summed E-state index contributed by atoms with van der Waals surface area (Å²) >= 11 is 0. The SMILES string of the molecule is CCOc1ncnc(NCc2c(C)nn(C)c2C)c1N. The lowest BCUT2D eigenvalue weighted by Gasteiger charge is -2.11. The largest absolute Gasteiger partial charge is 0.476 e. The Morgan fingerprint density at radius 3 is 2.70 bits per heavy atom. The predicted molar refractivity (Wildman–Crippen MR) is 77.6 cm³/mol. The van der Waals surface area contributed by atoms with Crippen molar-refractivity contribution >= 4 is 11.5 Å². The molecule has 3 N–H and O–H groups in total. The summed E-state index contributed by atoms with van der Waals surface area (Å²) in [6.07, 6.45) is 1.44. The van der Waals surface area contributed by atoms with E-state index in [9.17, 15) is 0 Å². The molecule has 0 aliphatic rings. The van der Waals surface area contributed by atoms with Gasteiger partial charge in [-0.05, 0) is 20.8 Å². The van der Waals surface area contributed by atoms with Gasteiger partial charge in [0.25, 0.3) is 0 Å². The fourth-order valence-corrected chi connectivity index (χ4v) is 2.02. The van der Waals surface area contributed by atoms with Crippen LogP contribution >= 0.6 is 0 Å². The van der Waals surface area contributed by atoms with Crippen molar-refractivity contribution in [3.05, 3.63) is 23.3 Å². The molecule has 7 heteroatoms. The smallest absolute Gasteiger partial charge is 0.242 e. The lowest BCUT2D eigenvalue weighted by molar-refractivity contribution is 0.328. The first-order chi connectivity index (χ1) is 9.54. The van der Waals surface area contributed by atoms with Crippen molar-refractivity contribution in [3.8, 4) is 5.88 Å². The maximum atomic E-state index is 5.98. The van der Waals surface area contributed by atoms with E-state index in [1.807, 2.05) is 32.5 Å². The Hall–Kier alpha value is -2.31. The van der Waals surface area contributed by atoms with E-state index in [2.05, 4.69) is 20.4 Å². The zero-order chi connectivity index (χ0) is 14.7. The Balaban J connectivity index is 2.17. The van der Waals surface area contributed by atoms with E-state index in [1.54, 1.807) is 0 Å². The number of hydrogen-bond acceptors (Lipinski definition) is 6.